The number of hydrogen-bond donors (Lipinski definition) is 3. The Kier molecular flexibility index (Phi) is 5.27. The Morgan fingerprint density at radius 2 is 2.22 bits per heavy atom. The molecule has 0 radical (unpaired) electrons. The van der Waals surface area contributed by atoms with Gasteiger partial charge in [0.2, 0.25) is 10.0 Å². The highest BCUT2D eigenvalue weighted by Crippen LogP contribution is 2.18. The van der Waals surface area contributed by atoms with E-state index in [0.717, 1.165) is 11.3 Å². The molecule has 18 heavy (non-hydrogen) atoms. The summed E-state index contributed by atoms with van der Waals surface area (Å²) in [5.74, 6) is -0.279. The Hall–Kier alpha value is -0.960. The zero-order valence-corrected chi connectivity index (χ0v) is 11.9. The molecule has 1 unspecified atom stereocenters. The largest absolute Gasteiger partial charge is 0.351 e. The molecule has 0 aromatic carbocycles. The monoisotopic (exact) mass is 291 g/mol. The summed E-state index contributed by atoms with van der Waals surface area (Å²) < 4.78 is 25.2. The van der Waals surface area contributed by atoms with Crippen molar-refractivity contribution in [3.05, 3.63) is 16.3 Å². The highest BCUT2D eigenvalue weighted by molar-refractivity contribution is 7.89. The van der Waals surface area contributed by atoms with Gasteiger partial charge in [-0.3, -0.25) is 4.79 Å². The van der Waals surface area contributed by atoms with Gasteiger partial charge in [-0.25, -0.2) is 13.1 Å². The molecule has 8 heteroatoms. The predicted octanol–water partition coefficient (Wildman–Crippen LogP) is 0.123. The van der Waals surface area contributed by atoms with Crippen LogP contribution < -0.4 is 15.8 Å². The molecule has 1 heterocycles. The van der Waals surface area contributed by atoms with Gasteiger partial charge in [0, 0.05) is 18.0 Å². The van der Waals surface area contributed by atoms with Crippen LogP contribution in [0.1, 0.15) is 23.0 Å². The molecule has 4 N–H and O–H groups in total. The number of carbonyl (C=O) groups is 1. The van der Waals surface area contributed by atoms with E-state index in [-0.39, 0.29) is 16.8 Å². The lowest BCUT2D eigenvalue weighted by Gasteiger charge is -2.05. The zero-order chi connectivity index (χ0) is 13.8. The molecule has 0 saturated carbocycles. The summed E-state index contributed by atoms with van der Waals surface area (Å²) in [4.78, 5) is 12.2. The standard InChI is InChI=1S/C10H17N3O3S2/c1-7(11)3-4-13-10(14)9-5-8(6-17-9)18(15,16)12-2/h5-7,12H,3-4,11H2,1-2H3,(H,13,14). The minimum absolute atomic E-state index is 0.0221. The van der Waals surface area contributed by atoms with E-state index in [9.17, 15) is 13.2 Å². The maximum absolute atomic E-state index is 11.7. The molecule has 1 aromatic rings. The number of thiophene rings is 1. The molecule has 0 aliphatic heterocycles. The Labute approximate surface area is 111 Å². The van der Waals surface area contributed by atoms with Crippen LogP contribution in [0.2, 0.25) is 0 Å². The van der Waals surface area contributed by atoms with E-state index in [1.165, 1.54) is 18.5 Å². The van der Waals surface area contributed by atoms with Gasteiger partial charge in [0.25, 0.3) is 5.91 Å². The molecule has 0 saturated heterocycles. The zero-order valence-electron chi connectivity index (χ0n) is 10.3. The number of nitrogens with two attached hydrogens (primary N) is 1. The first-order valence-corrected chi connectivity index (χ1v) is 7.79. The van der Waals surface area contributed by atoms with E-state index in [4.69, 9.17) is 5.73 Å². The van der Waals surface area contributed by atoms with E-state index < -0.39 is 10.0 Å². The fraction of sp³-hybridized carbons (Fsp3) is 0.500. The van der Waals surface area contributed by atoms with Gasteiger partial charge in [0.1, 0.15) is 0 Å². The van der Waals surface area contributed by atoms with Gasteiger partial charge < -0.3 is 11.1 Å². The molecule has 1 aromatic heterocycles. The van der Waals surface area contributed by atoms with Crippen molar-refractivity contribution in [3.8, 4) is 0 Å². The van der Waals surface area contributed by atoms with Crippen molar-refractivity contribution in [2.24, 2.45) is 5.73 Å². The quantitative estimate of drug-likeness (QED) is 0.693. The number of amides is 1. The molecule has 0 bridgehead atoms. The normalized spacial score (nSPS) is 13.3. The van der Waals surface area contributed by atoms with Crippen LogP contribution in [0.15, 0.2) is 16.3 Å². The molecule has 0 spiro atoms. The lowest BCUT2D eigenvalue weighted by Crippen LogP contribution is -2.28. The SMILES string of the molecule is CNS(=O)(=O)c1csc(C(=O)NCCC(C)N)c1. The van der Waals surface area contributed by atoms with Crippen LogP contribution in [0.3, 0.4) is 0 Å². The molecule has 1 rings (SSSR count). The molecule has 0 aliphatic carbocycles. The molecule has 102 valence electrons. The summed E-state index contributed by atoms with van der Waals surface area (Å²) in [5, 5.41) is 4.13. The third-order valence-corrected chi connectivity index (χ3v) is 4.74. The number of nitrogens with one attached hydrogen (secondary N) is 2. The molecule has 1 amide bonds. The average molecular weight is 291 g/mol. The molecular formula is C10H17N3O3S2. The van der Waals surface area contributed by atoms with Crippen LogP contribution in [0, 0.1) is 0 Å². The van der Waals surface area contributed by atoms with Crippen LogP contribution in [0.25, 0.3) is 0 Å². The van der Waals surface area contributed by atoms with Crippen molar-refractivity contribution in [2.75, 3.05) is 13.6 Å². The van der Waals surface area contributed by atoms with E-state index in [2.05, 4.69) is 10.0 Å². The smallest absolute Gasteiger partial charge is 0.261 e. The van der Waals surface area contributed by atoms with Crippen molar-refractivity contribution in [1.82, 2.24) is 10.0 Å². The molecule has 0 aliphatic rings. The van der Waals surface area contributed by atoms with Crippen LogP contribution in [0.4, 0.5) is 0 Å². The summed E-state index contributed by atoms with van der Waals surface area (Å²) in [6.45, 7) is 2.33. The van der Waals surface area contributed by atoms with Gasteiger partial charge in [0.15, 0.2) is 0 Å². The van der Waals surface area contributed by atoms with Crippen LogP contribution in [0.5, 0.6) is 0 Å². The maximum Gasteiger partial charge on any atom is 0.261 e. The van der Waals surface area contributed by atoms with Gasteiger partial charge in [0.05, 0.1) is 9.77 Å². The van der Waals surface area contributed by atoms with E-state index in [1.54, 1.807) is 0 Å². The topological polar surface area (TPSA) is 101 Å². The summed E-state index contributed by atoms with van der Waals surface area (Å²) in [6, 6.07) is 1.38. The second-order valence-corrected chi connectivity index (χ2v) is 6.67. The van der Waals surface area contributed by atoms with Crippen LogP contribution in [-0.4, -0.2) is 34.0 Å². The third-order valence-electron chi connectivity index (χ3n) is 2.26. The summed E-state index contributed by atoms with van der Waals surface area (Å²) in [6.07, 6.45) is 0.679. The van der Waals surface area contributed by atoms with Crippen LogP contribution >= 0.6 is 11.3 Å². The Bertz CT molecular complexity index is 508. The number of carbonyl (C=O) groups excluding carboxylic acids is 1. The van der Waals surface area contributed by atoms with E-state index >= 15 is 0 Å². The Balaban J connectivity index is 2.66. The van der Waals surface area contributed by atoms with Crippen molar-refractivity contribution < 1.29 is 13.2 Å². The lowest BCUT2D eigenvalue weighted by atomic mass is 10.2. The first-order chi connectivity index (χ1) is 8.36. The lowest BCUT2D eigenvalue weighted by molar-refractivity contribution is 0.0956. The van der Waals surface area contributed by atoms with Crippen LogP contribution in [-0.2, 0) is 10.0 Å². The summed E-state index contributed by atoms with van der Waals surface area (Å²) in [7, 11) is -2.16. The highest BCUT2D eigenvalue weighted by atomic mass is 32.2. The number of sulfonamides is 1. The van der Waals surface area contributed by atoms with Gasteiger partial charge in [-0.05, 0) is 26.5 Å². The fourth-order valence-electron chi connectivity index (χ4n) is 1.20. The number of hydrogen-bond acceptors (Lipinski definition) is 5. The van der Waals surface area contributed by atoms with E-state index in [0.29, 0.717) is 17.8 Å². The minimum Gasteiger partial charge on any atom is -0.351 e. The van der Waals surface area contributed by atoms with Gasteiger partial charge in [-0.2, -0.15) is 0 Å². The summed E-state index contributed by atoms with van der Waals surface area (Å²) >= 11 is 1.10. The summed E-state index contributed by atoms with van der Waals surface area (Å²) in [5.41, 5.74) is 5.56. The van der Waals surface area contributed by atoms with Gasteiger partial charge in [-0.15, -0.1) is 11.3 Å². The third kappa shape index (κ3) is 4.05. The van der Waals surface area contributed by atoms with Crippen molar-refractivity contribution in [3.63, 3.8) is 0 Å². The van der Waals surface area contributed by atoms with Gasteiger partial charge >= 0.3 is 0 Å². The second kappa shape index (κ2) is 6.28. The second-order valence-electron chi connectivity index (χ2n) is 3.88. The predicted molar refractivity (Wildman–Crippen MR) is 71.2 cm³/mol. The molecule has 6 nitrogen and oxygen atoms in total. The Morgan fingerprint density at radius 3 is 2.78 bits per heavy atom. The maximum atomic E-state index is 11.7. The number of rotatable bonds is 6. The minimum atomic E-state index is -3.48. The first-order valence-electron chi connectivity index (χ1n) is 5.42. The van der Waals surface area contributed by atoms with Crippen molar-refractivity contribution in [1.29, 1.82) is 0 Å². The van der Waals surface area contributed by atoms with E-state index in [1.807, 2.05) is 6.92 Å². The van der Waals surface area contributed by atoms with Gasteiger partial charge in [-0.1, -0.05) is 0 Å². The van der Waals surface area contributed by atoms with Crippen molar-refractivity contribution >= 4 is 27.3 Å². The fourth-order valence-corrected chi connectivity index (χ4v) is 3.12. The van der Waals surface area contributed by atoms with Crippen molar-refractivity contribution in [2.45, 2.75) is 24.3 Å². The molecular weight excluding hydrogens is 274 g/mol. The molecule has 0 fully saturated rings. The molecule has 1 atom stereocenters. The average Bonchev–Trinajstić information content (AvgIpc) is 2.78. The Morgan fingerprint density at radius 1 is 1.56 bits per heavy atom. The first kappa shape index (κ1) is 15.1. The highest BCUT2D eigenvalue weighted by Gasteiger charge is 2.16.